The summed E-state index contributed by atoms with van der Waals surface area (Å²) in [6, 6.07) is 11.0. The Morgan fingerprint density at radius 2 is 2.11 bits per heavy atom. The number of carbonyl (C=O) groups is 2. The molecule has 0 saturated carbocycles. The maximum absolute atomic E-state index is 12.6. The van der Waals surface area contributed by atoms with Gasteiger partial charge >= 0.3 is 0 Å². The van der Waals surface area contributed by atoms with Gasteiger partial charge in [0.25, 0.3) is 0 Å². The Kier molecular flexibility index (Phi) is 5.03. The first-order valence-electron chi connectivity index (χ1n) is 8.75. The van der Waals surface area contributed by atoms with E-state index in [4.69, 9.17) is 4.74 Å². The summed E-state index contributed by atoms with van der Waals surface area (Å²) in [6.07, 6.45) is 3.60. The number of rotatable bonds is 5. The van der Waals surface area contributed by atoms with Crippen LogP contribution in [-0.2, 0) is 9.59 Å². The first-order valence-corrected chi connectivity index (χ1v) is 9.63. The summed E-state index contributed by atoms with van der Waals surface area (Å²) < 4.78 is 5.14. The highest BCUT2D eigenvalue weighted by molar-refractivity contribution is 7.14. The third-order valence-corrected chi connectivity index (χ3v) is 5.33. The fourth-order valence-electron chi connectivity index (χ4n) is 3.08. The lowest BCUT2D eigenvalue weighted by molar-refractivity contribution is -0.122. The van der Waals surface area contributed by atoms with E-state index in [1.165, 1.54) is 11.3 Å². The second kappa shape index (κ2) is 7.77. The van der Waals surface area contributed by atoms with Crippen molar-refractivity contribution in [2.75, 3.05) is 23.9 Å². The Balaban J connectivity index is 1.41. The van der Waals surface area contributed by atoms with Crippen molar-refractivity contribution in [2.45, 2.75) is 6.42 Å². The molecule has 4 rings (SSSR count). The molecule has 142 valence electrons. The van der Waals surface area contributed by atoms with Gasteiger partial charge in [0.05, 0.1) is 18.7 Å². The van der Waals surface area contributed by atoms with Gasteiger partial charge in [-0.3, -0.25) is 14.6 Å². The predicted molar refractivity (Wildman–Crippen MR) is 107 cm³/mol. The van der Waals surface area contributed by atoms with Crippen molar-refractivity contribution in [2.24, 2.45) is 5.92 Å². The standard InChI is InChI=1S/C20H18N4O3S/c1-27-16-6-4-15(5-7-16)24-11-14(9-18(24)25)19(26)23-20-22-17(12-28-20)13-3-2-8-21-10-13/h2-8,10,12,14H,9,11H2,1H3,(H,22,23,26)/t14-/m1/s1. The number of pyridine rings is 1. The number of aromatic nitrogens is 2. The van der Waals surface area contributed by atoms with Gasteiger partial charge in [0.2, 0.25) is 11.8 Å². The number of methoxy groups -OCH3 is 1. The number of benzene rings is 1. The van der Waals surface area contributed by atoms with Crippen LogP contribution < -0.4 is 15.0 Å². The monoisotopic (exact) mass is 394 g/mol. The summed E-state index contributed by atoms with van der Waals surface area (Å²) in [7, 11) is 1.59. The normalized spacial score (nSPS) is 16.2. The lowest BCUT2D eigenvalue weighted by Gasteiger charge is -2.16. The van der Waals surface area contributed by atoms with E-state index in [2.05, 4.69) is 15.3 Å². The summed E-state index contributed by atoms with van der Waals surface area (Å²) in [5, 5.41) is 5.22. The number of thiazole rings is 1. The molecule has 1 aliphatic heterocycles. The summed E-state index contributed by atoms with van der Waals surface area (Å²) >= 11 is 1.35. The van der Waals surface area contributed by atoms with Crippen molar-refractivity contribution in [3.63, 3.8) is 0 Å². The molecule has 7 nitrogen and oxygen atoms in total. The van der Waals surface area contributed by atoms with Crippen LogP contribution in [0.2, 0.25) is 0 Å². The van der Waals surface area contributed by atoms with E-state index < -0.39 is 5.92 Å². The first kappa shape index (κ1) is 18.1. The van der Waals surface area contributed by atoms with Crippen LogP contribution in [0.4, 0.5) is 10.8 Å². The largest absolute Gasteiger partial charge is 0.497 e. The van der Waals surface area contributed by atoms with Crippen molar-refractivity contribution in [3.05, 3.63) is 54.2 Å². The summed E-state index contributed by atoms with van der Waals surface area (Å²) in [6.45, 7) is 0.345. The van der Waals surface area contributed by atoms with Crippen LogP contribution in [0.5, 0.6) is 5.75 Å². The third-order valence-electron chi connectivity index (χ3n) is 4.57. The van der Waals surface area contributed by atoms with E-state index >= 15 is 0 Å². The topological polar surface area (TPSA) is 84.4 Å². The Hall–Kier alpha value is -3.26. The van der Waals surface area contributed by atoms with Crippen LogP contribution in [0.25, 0.3) is 11.3 Å². The maximum atomic E-state index is 12.6. The molecule has 8 heteroatoms. The lowest BCUT2D eigenvalue weighted by atomic mass is 10.1. The highest BCUT2D eigenvalue weighted by Gasteiger charge is 2.35. The maximum Gasteiger partial charge on any atom is 0.231 e. The zero-order valence-corrected chi connectivity index (χ0v) is 16.0. The molecule has 3 heterocycles. The van der Waals surface area contributed by atoms with Crippen molar-refractivity contribution in [3.8, 4) is 17.0 Å². The molecule has 1 atom stereocenters. The number of hydrogen-bond acceptors (Lipinski definition) is 6. The number of nitrogens with zero attached hydrogens (tertiary/aromatic N) is 3. The SMILES string of the molecule is COc1ccc(N2C[C@H](C(=O)Nc3nc(-c4cccnc4)cs3)CC2=O)cc1. The van der Waals surface area contributed by atoms with E-state index in [9.17, 15) is 9.59 Å². The van der Waals surface area contributed by atoms with Gasteiger partial charge < -0.3 is 15.0 Å². The van der Waals surface area contributed by atoms with Crippen LogP contribution in [-0.4, -0.2) is 35.4 Å². The van der Waals surface area contributed by atoms with E-state index in [0.717, 1.165) is 22.7 Å². The molecule has 28 heavy (non-hydrogen) atoms. The van der Waals surface area contributed by atoms with Crippen molar-refractivity contribution in [1.82, 2.24) is 9.97 Å². The smallest absolute Gasteiger partial charge is 0.231 e. The number of amides is 2. The highest BCUT2D eigenvalue weighted by atomic mass is 32.1. The molecular weight excluding hydrogens is 376 g/mol. The Labute approximate surface area is 166 Å². The molecule has 1 saturated heterocycles. The molecule has 1 aromatic carbocycles. The van der Waals surface area contributed by atoms with Crippen molar-refractivity contribution >= 4 is 34.0 Å². The van der Waals surface area contributed by atoms with Gasteiger partial charge in [0.15, 0.2) is 5.13 Å². The average Bonchev–Trinajstić information content (AvgIpc) is 3.35. The predicted octanol–water partition coefficient (Wildman–Crippen LogP) is 3.21. The van der Waals surface area contributed by atoms with Gasteiger partial charge in [0.1, 0.15) is 5.75 Å². The zero-order chi connectivity index (χ0) is 19.5. The molecule has 0 bridgehead atoms. The average molecular weight is 394 g/mol. The van der Waals surface area contributed by atoms with Gasteiger partial charge in [0, 0.05) is 42.0 Å². The minimum atomic E-state index is -0.416. The molecule has 1 fully saturated rings. The molecule has 0 unspecified atom stereocenters. The number of anilines is 2. The van der Waals surface area contributed by atoms with E-state index in [0.29, 0.717) is 11.7 Å². The molecule has 1 aliphatic rings. The van der Waals surface area contributed by atoms with E-state index in [1.54, 1.807) is 36.5 Å². The van der Waals surface area contributed by atoms with Crippen LogP contribution in [0.15, 0.2) is 54.2 Å². The zero-order valence-electron chi connectivity index (χ0n) is 15.2. The molecule has 0 aliphatic carbocycles. The quantitative estimate of drug-likeness (QED) is 0.718. The van der Waals surface area contributed by atoms with Gasteiger partial charge in [-0.1, -0.05) is 0 Å². The molecule has 0 radical (unpaired) electrons. The highest BCUT2D eigenvalue weighted by Crippen LogP contribution is 2.29. The van der Waals surface area contributed by atoms with E-state index in [1.807, 2.05) is 29.6 Å². The second-order valence-corrected chi connectivity index (χ2v) is 7.23. The summed E-state index contributed by atoms with van der Waals surface area (Å²) in [4.78, 5) is 35.2. The molecule has 1 N–H and O–H groups in total. The molecule has 0 spiro atoms. The van der Waals surface area contributed by atoms with Gasteiger partial charge in [-0.05, 0) is 36.4 Å². The van der Waals surface area contributed by atoms with Crippen LogP contribution in [0.3, 0.4) is 0 Å². The fraction of sp³-hybridized carbons (Fsp3) is 0.200. The minimum Gasteiger partial charge on any atom is -0.497 e. The Bertz CT molecular complexity index is 988. The van der Waals surface area contributed by atoms with Crippen LogP contribution in [0, 0.1) is 5.92 Å². The van der Waals surface area contributed by atoms with Gasteiger partial charge in [-0.2, -0.15) is 0 Å². The number of nitrogens with one attached hydrogen (secondary N) is 1. The number of carbonyl (C=O) groups excluding carboxylic acids is 2. The minimum absolute atomic E-state index is 0.0690. The molecular formula is C20H18N4O3S. The second-order valence-electron chi connectivity index (χ2n) is 6.37. The molecule has 2 amide bonds. The van der Waals surface area contributed by atoms with Gasteiger partial charge in [-0.25, -0.2) is 4.98 Å². The summed E-state index contributed by atoms with van der Waals surface area (Å²) in [5.74, 6) is 0.0372. The Morgan fingerprint density at radius 1 is 1.29 bits per heavy atom. The first-order chi connectivity index (χ1) is 13.6. The lowest BCUT2D eigenvalue weighted by Crippen LogP contribution is -2.28. The number of hydrogen-bond donors (Lipinski definition) is 1. The van der Waals surface area contributed by atoms with E-state index in [-0.39, 0.29) is 18.2 Å². The third kappa shape index (κ3) is 3.72. The van der Waals surface area contributed by atoms with Crippen molar-refractivity contribution < 1.29 is 14.3 Å². The fourth-order valence-corrected chi connectivity index (χ4v) is 3.80. The number of ether oxygens (including phenoxy) is 1. The van der Waals surface area contributed by atoms with Crippen LogP contribution >= 0.6 is 11.3 Å². The molecule has 3 aromatic rings. The van der Waals surface area contributed by atoms with Gasteiger partial charge in [-0.15, -0.1) is 11.3 Å². The van der Waals surface area contributed by atoms with Crippen molar-refractivity contribution in [1.29, 1.82) is 0 Å². The van der Waals surface area contributed by atoms with Crippen LogP contribution in [0.1, 0.15) is 6.42 Å². The Morgan fingerprint density at radius 3 is 2.82 bits per heavy atom. The summed E-state index contributed by atoms with van der Waals surface area (Å²) in [5.41, 5.74) is 2.41. The molecule has 2 aromatic heterocycles.